The van der Waals surface area contributed by atoms with Crippen molar-refractivity contribution in [3.05, 3.63) is 35.4 Å². The minimum Gasteiger partial charge on any atom is -0.474 e. The Morgan fingerprint density at radius 1 is 1.18 bits per heavy atom. The summed E-state index contributed by atoms with van der Waals surface area (Å²) in [5.41, 5.74) is 0.220. The summed E-state index contributed by atoms with van der Waals surface area (Å²) in [6.07, 6.45) is -0.396. The first-order chi connectivity index (χ1) is 10.5. The Labute approximate surface area is 127 Å². The summed E-state index contributed by atoms with van der Waals surface area (Å²) in [5, 5.41) is 3.39. The molecule has 120 valence electrons. The van der Waals surface area contributed by atoms with Crippen LogP contribution in [0.25, 0.3) is 0 Å². The maximum Gasteiger partial charge on any atom is 0.416 e. The van der Waals surface area contributed by atoms with Gasteiger partial charge in [0.15, 0.2) is 0 Å². The van der Waals surface area contributed by atoms with E-state index in [1.54, 1.807) is 0 Å². The van der Waals surface area contributed by atoms with Gasteiger partial charge in [-0.15, -0.1) is 0 Å². The van der Waals surface area contributed by atoms with E-state index in [0.29, 0.717) is 13.0 Å². The van der Waals surface area contributed by atoms with E-state index in [9.17, 15) is 13.2 Å². The lowest BCUT2D eigenvalue weighted by Gasteiger charge is -2.23. The van der Waals surface area contributed by atoms with E-state index in [0.717, 1.165) is 36.6 Å². The van der Waals surface area contributed by atoms with E-state index in [2.05, 4.69) is 10.3 Å². The first kappa shape index (κ1) is 15.3. The number of nitrogens with one attached hydrogen (secondary N) is 1. The van der Waals surface area contributed by atoms with Crippen molar-refractivity contribution >= 4 is 5.90 Å². The SMILES string of the molecule is FC(F)(F)c1ccc(CC2CN=C(C3CCCCN3)O2)cc1. The van der Waals surface area contributed by atoms with Crippen molar-refractivity contribution in [2.24, 2.45) is 4.99 Å². The van der Waals surface area contributed by atoms with Gasteiger partial charge in [-0.05, 0) is 37.1 Å². The molecule has 0 saturated carbocycles. The monoisotopic (exact) mass is 312 g/mol. The van der Waals surface area contributed by atoms with Gasteiger partial charge in [0.25, 0.3) is 0 Å². The highest BCUT2D eigenvalue weighted by molar-refractivity contribution is 5.83. The molecule has 2 atom stereocenters. The van der Waals surface area contributed by atoms with Gasteiger partial charge in [0.05, 0.1) is 18.2 Å². The summed E-state index contributed by atoms with van der Waals surface area (Å²) in [4.78, 5) is 4.45. The van der Waals surface area contributed by atoms with E-state index in [-0.39, 0.29) is 12.1 Å². The summed E-state index contributed by atoms with van der Waals surface area (Å²) >= 11 is 0. The van der Waals surface area contributed by atoms with Crippen LogP contribution in [0, 0.1) is 0 Å². The van der Waals surface area contributed by atoms with E-state index < -0.39 is 11.7 Å². The number of benzene rings is 1. The van der Waals surface area contributed by atoms with E-state index >= 15 is 0 Å². The maximum atomic E-state index is 12.5. The zero-order chi connectivity index (χ0) is 15.6. The summed E-state index contributed by atoms with van der Waals surface area (Å²) in [6, 6.07) is 5.47. The van der Waals surface area contributed by atoms with Gasteiger partial charge in [0, 0.05) is 6.42 Å². The molecule has 3 nitrogen and oxygen atoms in total. The second-order valence-corrected chi connectivity index (χ2v) is 5.82. The fourth-order valence-electron chi connectivity index (χ4n) is 2.89. The highest BCUT2D eigenvalue weighted by atomic mass is 19.4. The summed E-state index contributed by atoms with van der Waals surface area (Å²) in [6.45, 7) is 1.56. The Morgan fingerprint density at radius 3 is 2.59 bits per heavy atom. The van der Waals surface area contributed by atoms with Gasteiger partial charge < -0.3 is 10.1 Å². The zero-order valence-corrected chi connectivity index (χ0v) is 12.2. The van der Waals surface area contributed by atoms with Crippen molar-refractivity contribution in [1.29, 1.82) is 0 Å². The number of piperidine rings is 1. The molecule has 1 aromatic carbocycles. The Morgan fingerprint density at radius 2 is 1.95 bits per heavy atom. The summed E-state index contributed by atoms with van der Waals surface area (Å²) in [7, 11) is 0. The Balaban J connectivity index is 1.54. The molecule has 0 spiro atoms. The molecule has 1 N–H and O–H groups in total. The van der Waals surface area contributed by atoms with Crippen molar-refractivity contribution in [2.45, 2.75) is 44.0 Å². The van der Waals surface area contributed by atoms with Gasteiger partial charge in [-0.2, -0.15) is 13.2 Å². The molecule has 22 heavy (non-hydrogen) atoms. The molecular formula is C16H19F3N2O. The minimum absolute atomic E-state index is 0.0736. The second kappa shape index (κ2) is 6.28. The molecule has 0 aliphatic carbocycles. The first-order valence-corrected chi connectivity index (χ1v) is 7.63. The van der Waals surface area contributed by atoms with Gasteiger partial charge in [0.1, 0.15) is 6.10 Å². The average Bonchev–Trinajstić information content (AvgIpc) is 2.96. The van der Waals surface area contributed by atoms with E-state index in [1.807, 2.05) is 0 Å². The molecule has 2 heterocycles. The molecule has 2 unspecified atom stereocenters. The van der Waals surface area contributed by atoms with Crippen molar-refractivity contribution in [2.75, 3.05) is 13.1 Å². The Bertz CT molecular complexity index is 533. The molecule has 1 aromatic rings. The molecule has 6 heteroatoms. The van der Waals surface area contributed by atoms with Gasteiger partial charge in [0.2, 0.25) is 5.90 Å². The van der Waals surface area contributed by atoms with Crippen LogP contribution >= 0.6 is 0 Å². The van der Waals surface area contributed by atoms with Crippen molar-refractivity contribution < 1.29 is 17.9 Å². The average molecular weight is 312 g/mol. The van der Waals surface area contributed by atoms with Gasteiger partial charge >= 0.3 is 6.18 Å². The van der Waals surface area contributed by atoms with Crippen LogP contribution in [0.4, 0.5) is 13.2 Å². The van der Waals surface area contributed by atoms with Crippen LogP contribution in [0.3, 0.4) is 0 Å². The first-order valence-electron chi connectivity index (χ1n) is 7.63. The molecule has 0 bridgehead atoms. The van der Waals surface area contributed by atoms with Crippen LogP contribution in [-0.2, 0) is 17.3 Å². The standard InChI is InChI=1S/C16H19F3N2O/c17-16(18,19)12-6-4-11(5-7-12)9-13-10-21-15(22-13)14-3-1-2-8-20-14/h4-7,13-14,20H,1-3,8-10H2. The molecule has 0 amide bonds. The van der Waals surface area contributed by atoms with Gasteiger partial charge in [-0.25, -0.2) is 0 Å². The second-order valence-electron chi connectivity index (χ2n) is 5.82. The topological polar surface area (TPSA) is 33.6 Å². The zero-order valence-electron chi connectivity index (χ0n) is 12.2. The maximum absolute atomic E-state index is 12.5. The molecule has 3 rings (SSSR count). The summed E-state index contributed by atoms with van der Waals surface area (Å²) in [5.74, 6) is 0.761. The minimum atomic E-state index is -4.29. The molecule has 1 fully saturated rings. The quantitative estimate of drug-likeness (QED) is 0.930. The summed E-state index contributed by atoms with van der Waals surface area (Å²) < 4.78 is 43.5. The number of nitrogens with zero attached hydrogens (tertiary/aromatic N) is 1. The van der Waals surface area contributed by atoms with Gasteiger partial charge in [-0.3, -0.25) is 4.99 Å². The number of ether oxygens (including phenoxy) is 1. The highest BCUT2D eigenvalue weighted by Crippen LogP contribution is 2.29. The normalized spacial score (nSPS) is 25.7. The predicted molar refractivity (Wildman–Crippen MR) is 78.0 cm³/mol. The smallest absolute Gasteiger partial charge is 0.416 e. The van der Waals surface area contributed by atoms with Crippen LogP contribution in [0.2, 0.25) is 0 Å². The number of aliphatic imine (C=N–C) groups is 1. The van der Waals surface area contributed by atoms with Crippen LogP contribution in [0.15, 0.2) is 29.3 Å². The van der Waals surface area contributed by atoms with Crippen molar-refractivity contribution in [3.8, 4) is 0 Å². The third-order valence-electron chi connectivity index (χ3n) is 4.09. The lowest BCUT2D eigenvalue weighted by molar-refractivity contribution is -0.137. The molecule has 2 aliphatic heterocycles. The largest absolute Gasteiger partial charge is 0.474 e. The van der Waals surface area contributed by atoms with Gasteiger partial charge in [-0.1, -0.05) is 18.6 Å². The lowest BCUT2D eigenvalue weighted by atomic mass is 10.0. The Hall–Kier alpha value is -1.56. The number of rotatable bonds is 3. The molecular weight excluding hydrogens is 293 g/mol. The predicted octanol–water partition coefficient (Wildman–Crippen LogP) is 3.19. The molecule has 1 saturated heterocycles. The van der Waals surface area contributed by atoms with E-state index in [1.165, 1.54) is 25.0 Å². The fraction of sp³-hybridized carbons (Fsp3) is 0.562. The number of hydrogen-bond acceptors (Lipinski definition) is 3. The Kier molecular flexibility index (Phi) is 4.38. The van der Waals surface area contributed by atoms with Crippen molar-refractivity contribution in [1.82, 2.24) is 5.32 Å². The number of halogens is 3. The molecule has 2 aliphatic rings. The van der Waals surface area contributed by atoms with Crippen LogP contribution in [0.1, 0.15) is 30.4 Å². The number of hydrogen-bond donors (Lipinski definition) is 1. The number of alkyl halides is 3. The lowest BCUT2D eigenvalue weighted by Crippen LogP contribution is -2.41. The highest BCUT2D eigenvalue weighted by Gasteiger charge is 2.31. The van der Waals surface area contributed by atoms with Crippen LogP contribution < -0.4 is 5.32 Å². The molecule has 0 aromatic heterocycles. The fourth-order valence-corrected chi connectivity index (χ4v) is 2.89. The molecule has 0 radical (unpaired) electrons. The van der Waals surface area contributed by atoms with Crippen molar-refractivity contribution in [3.63, 3.8) is 0 Å². The third-order valence-corrected chi connectivity index (χ3v) is 4.09. The van der Waals surface area contributed by atoms with E-state index in [4.69, 9.17) is 4.74 Å². The van der Waals surface area contributed by atoms with Crippen LogP contribution in [0.5, 0.6) is 0 Å². The van der Waals surface area contributed by atoms with Crippen LogP contribution in [-0.4, -0.2) is 31.1 Å². The third kappa shape index (κ3) is 3.61.